The zero-order valence-corrected chi connectivity index (χ0v) is 14.0. The molecule has 0 aromatic heterocycles. The van der Waals surface area contributed by atoms with Crippen LogP contribution < -0.4 is 10.1 Å². The smallest absolute Gasteiger partial charge is 0.124 e. The summed E-state index contributed by atoms with van der Waals surface area (Å²) in [6, 6.07) is 12.0. The molecule has 0 fully saturated rings. The highest BCUT2D eigenvalue weighted by atomic mass is 79.9. The van der Waals surface area contributed by atoms with E-state index >= 15 is 0 Å². The van der Waals surface area contributed by atoms with E-state index in [1.807, 2.05) is 31.3 Å². The Hall–Kier alpha value is -1.03. The molecule has 0 amide bonds. The molecule has 0 spiro atoms. The molecule has 2 aromatic carbocycles. The van der Waals surface area contributed by atoms with Crippen molar-refractivity contribution in [2.75, 3.05) is 14.2 Å². The van der Waals surface area contributed by atoms with Gasteiger partial charge in [0.05, 0.1) is 13.2 Å². The Balaban J connectivity index is 2.54. The number of hydrogen-bond donors (Lipinski definition) is 1. The Bertz CT molecular complexity index is 615. The number of aryl methyl sites for hydroxylation is 1. The normalized spacial score (nSPS) is 12.2. The Morgan fingerprint density at radius 2 is 1.90 bits per heavy atom. The Morgan fingerprint density at radius 3 is 2.50 bits per heavy atom. The molecule has 0 radical (unpaired) electrons. The molecule has 0 heterocycles. The van der Waals surface area contributed by atoms with E-state index in [0.717, 1.165) is 15.8 Å². The van der Waals surface area contributed by atoms with Gasteiger partial charge in [0, 0.05) is 15.1 Å². The van der Waals surface area contributed by atoms with Gasteiger partial charge in [-0.1, -0.05) is 33.6 Å². The van der Waals surface area contributed by atoms with E-state index in [1.165, 1.54) is 11.1 Å². The fourth-order valence-electron chi connectivity index (χ4n) is 2.37. The van der Waals surface area contributed by atoms with Crippen LogP contribution in [0.3, 0.4) is 0 Å². The van der Waals surface area contributed by atoms with E-state index < -0.39 is 0 Å². The lowest BCUT2D eigenvalue weighted by atomic mass is 9.94. The van der Waals surface area contributed by atoms with Gasteiger partial charge in [-0.15, -0.1) is 0 Å². The zero-order chi connectivity index (χ0) is 14.7. The molecular formula is C16H17BrClNO. The first-order valence-corrected chi connectivity index (χ1v) is 7.50. The minimum Gasteiger partial charge on any atom is -0.496 e. The zero-order valence-electron chi connectivity index (χ0n) is 11.7. The first-order valence-electron chi connectivity index (χ1n) is 6.33. The second-order valence-electron chi connectivity index (χ2n) is 4.61. The summed E-state index contributed by atoms with van der Waals surface area (Å²) in [4.78, 5) is 0. The average molecular weight is 355 g/mol. The van der Waals surface area contributed by atoms with Gasteiger partial charge < -0.3 is 10.1 Å². The first kappa shape index (κ1) is 15.4. The second kappa shape index (κ2) is 6.61. The summed E-state index contributed by atoms with van der Waals surface area (Å²) in [6.07, 6.45) is 0. The maximum Gasteiger partial charge on any atom is 0.124 e. The van der Waals surface area contributed by atoms with Crippen LogP contribution in [0, 0.1) is 6.92 Å². The van der Waals surface area contributed by atoms with Crippen LogP contribution in [0.15, 0.2) is 40.9 Å². The minimum absolute atomic E-state index is 0.0387. The molecule has 0 saturated heterocycles. The Labute approximate surface area is 133 Å². The molecule has 2 aromatic rings. The lowest BCUT2D eigenvalue weighted by Gasteiger charge is -2.22. The molecule has 2 nitrogen and oxygen atoms in total. The van der Waals surface area contributed by atoms with Gasteiger partial charge in [0.15, 0.2) is 0 Å². The molecule has 1 atom stereocenters. The van der Waals surface area contributed by atoms with E-state index in [2.05, 4.69) is 40.3 Å². The van der Waals surface area contributed by atoms with Crippen LogP contribution in [0.5, 0.6) is 5.75 Å². The number of rotatable bonds is 4. The van der Waals surface area contributed by atoms with Gasteiger partial charge in [-0.3, -0.25) is 0 Å². The third-order valence-corrected chi connectivity index (χ3v) is 4.06. The summed E-state index contributed by atoms with van der Waals surface area (Å²) < 4.78 is 6.54. The monoisotopic (exact) mass is 353 g/mol. The van der Waals surface area contributed by atoms with Crippen molar-refractivity contribution in [3.8, 4) is 5.75 Å². The van der Waals surface area contributed by atoms with Gasteiger partial charge in [-0.2, -0.15) is 0 Å². The number of nitrogens with one attached hydrogen (secondary N) is 1. The third kappa shape index (κ3) is 3.17. The van der Waals surface area contributed by atoms with E-state index in [1.54, 1.807) is 7.11 Å². The van der Waals surface area contributed by atoms with Gasteiger partial charge in [0.1, 0.15) is 5.75 Å². The number of benzene rings is 2. The summed E-state index contributed by atoms with van der Waals surface area (Å²) in [5, 5.41) is 4.05. The predicted octanol–water partition coefficient (Wildman–Crippen LogP) is 4.73. The van der Waals surface area contributed by atoms with Crippen LogP contribution in [0.25, 0.3) is 0 Å². The van der Waals surface area contributed by atoms with E-state index in [4.69, 9.17) is 16.3 Å². The molecule has 0 bridgehead atoms. The molecule has 0 aliphatic carbocycles. The molecule has 0 aliphatic heterocycles. The van der Waals surface area contributed by atoms with Gasteiger partial charge in [-0.05, 0) is 55.4 Å². The Kier molecular flexibility index (Phi) is 5.08. The molecule has 20 heavy (non-hydrogen) atoms. The van der Waals surface area contributed by atoms with Crippen molar-refractivity contribution >= 4 is 27.5 Å². The molecule has 4 heteroatoms. The molecular weight excluding hydrogens is 338 g/mol. The fraction of sp³-hybridized carbons (Fsp3) is 0.250. The fourth-order valence-corrected chi connectivity index (χ4v) is 3.03. The summed E-state index contributed by atoms with van der Waals surface area (Å²) in [5.41, 5.74) is 3.45. The maximum absolute atomic E-state index is 6.14. The van der Waals surface area contributed by atoms with E-state index in [-0.39, 0.29) is 6.04 Å². The van der Waals surface area contributed by atoms with Gasteiger partial charge in [0.2, 0.25) is 0 Å². The van der Waals surface area contributed by atoms with Crippen LogP contribution in [-0.4, -0.2) is 14.2 Å². The second-order valence-corrected chi connectivity index (χ2v) is 5.96. The quantitative estimate of drug-likeness (QED) is 0.857. The van der Waals surface area contributed by atoms with Crippen LogP contribution in [0.2, 0.25) is 5.02 Å². The molecule has 106 valence electrons. The lowest BCUT2D eigenvalue weighted by molar-refractivity contribution is 0.405. The summed E-state index contributed by atoms with van der Waals surface area (Å²) in [7, 11) is 3.61. The van der Waals surface area contributed by atoms with Crippen LogP contribution >= 0.6 is 27.5 Å². The van der Waals surface area contributed by atoms with Crippen molar-refractivity contribution in [3.05, 3.63) is 62.6 Å². The maximum atomic E-state index is 6.14. The van der Waals surface area contributed by atoms with Crippen molar-refractivity contribution in [1.29, 1.82) is 0 Å². The van der Waals surface area contributed by atoms with Crippen molar-refractivity contribution < 1.29 is 4.74 Å². The van der Waals surface area contributed by atoms with E-state index in [9.17, 15) is 0 Å². The molecule has 1 unspecified atom stereocenters. The number of ether oxygens (including phenoxy) is 1. The Morgan fingerprint density at radius 1 is 1.15 bits per heavy atom. The van der Waals surface area contributed by atoms with Crippen molar-refractivity contribution in [2.24, 2.45) is 0 Å². The summed E-state index contributed by atoms with van der Waals surface area (Å²) in [6.45, 7) is 2.10. The molecule has 2 rings (SSSR count). The lowest BCUT2D eigenvalue weighted by Crippen LogP contribution is -2.19. The number of methoxy groups -OCH3 is 1. The molecule has 0 aliphatic rings. The highest BCUT2D eigenvalue weighted by molar-refractivity contribution is 9.10. The van der Waals surface area contributed by atoms with Crippen LogP contribution in [0.1, 0.15) is 22.7 Å². The minimum atomic E-state index is 0.0387. The molecule has 1 N–H and O–H groups in total. The van der Waals surface area contributed by atoms with Gasteiger partial charge in [0.25, 0.3) is 0 Å². The SMILES string of the molecule is CNC(c1ccc(Br)cc1C)c1cc(Cl)ccc1OC. The number of hydrogen-bond acceptors (Lipinski definition) is 2. The largest absolute Gasteiger partial charge is 0.496 e. The number of halogens is 2. The highest BCUT2D eigenvalue weighted by Gasteiger charge is 2.18. The van der Waals surface area contributed by atoms with Crippen molar-refractivity contribution in [2.45, 2.75) is 13.0 Å². The topological polar surface area (TPSA) is 21.3 Å². The molecule has 0 saturated carbocycles. The first-order chi connectivity index (χ1) is 9.56. The van der Waals surface area contributed by atoms with Crippen molar-refractivity contribution in [1.82, 2.24) is 5.32 Å². The summed E-state index contributed by atoms with van der Waals surface area (Å²) in [5.74, 6) is 0.830. The van der Waals surface area contributed by atoms with E-state index in [0.29, 0.717) is 5.02 Å². The van der Waals surface area contributed by atoms with Gasteiger partial charge >= 0.3 is 0 Å². The standard InChI is InChI=1S/C16H17BrClNO/c1-10-8-11(17)4-6-13(10)16(19-2)14-9-12(18)5-7-15(14)20-3/h4-9,16,19H,1-3H3. The van der Waals surface area contributed by atoms with Crippen molar-refractivity contribution in [3.63, 3.8) is 0 Å². The summed E-state index contributed by atoms with van der Waals surface area (Å²) >= 11 is 9.63. The third-order valence-electron chi connectivity index (χ3n) is 3.33. The van der Waals surface area contributed by atoms with Crippen LogP contribution in [-0.2, 0) is 0 Å². The van der Waals surface area contributed by atoms with Crippen LogP contribution in [0.4, 0.5) is 0 Å². The predicted molar refractivity (Wildman–Crippen MR) is 87.8 cm³/mol. The highest BCUT2D eigenvalue weighted by Crippen LogP contribution is 2.34. The average Bonchev–Trinajstić information content (AvgIpc) is 2.42. The van der Waals surface area contributed by atoms with Gasteiger partial charge in [-0.25, -0.2) is 0 Å².